The van der Waals surface area contributed by atoms with Crippen molar-refractivity contribution in [3.63, 3.8) is 0 Å². The van der Waals surface area contributed by atoms with Gasteiger partial charge in [-0.2, -0.15) is 0 Å². The monoisotopic (exact) mass is 288 g/mol. The first kappa shape index (κ1) is 15.2. The van der Waals surface area contributed by atoms with E-state index in [2.05, 4.69) is 48.5 Å². The van der Waals surface area contributed by atoms with Crippen LogP contribution in [0.25, 0.3) is 0 Å². The predicted molar refractivity (Wildman–Crippen MR) is 85.0 cm³/mol. The third kappa shape index (κ3) is 5.83. The van der Waals surface area contributed by atoms with Crippen molar-refractivity contribution >= 4 is 8.38 Å². The third-order valence-corrected chi connectivity index (χ3v) is 4.11. The summed E-state index contributed by atoms with van der Waals surface area (Å²) in [4.78, 5) is 0. The van der Waals surface area contributed by atoms with Gasteiger partial charge in [0.05, 0.1) is 13.2 Å². The molecular weight excluding hydrogens is 267 g/mol. The molecule has 2 aromatic carbocycles. The lowest BCUT2D eigenvalue weighted by molar-refractivity contribution is 0.257. The van der Waals surface area contributed by atoms with E-state index < -0.39 is 8.38 Å². The quantitative estimate of drug-likeness (QED) is 0.668. The SMILES string of the molecule is CP(OCCc1ccccc1)OCCc1ccccc1. The minimum absolute atomic E-state index is 0.720. The van der Waals surface area contributed by atoms with Crippen molar-refractivity contribution in [2.75, 3.05) is 19.9 Å². The van der Waals surface area contributed by atoms with Crippen LogP contribution in [0.1, 0.15) is 11.1 Å². The fourth-order valence-corrected chi connectivity index (χ4v) is 2.68. The molecule has 106 valence electrons. The molecule has 0 bridgehead atoms. The molecule has 0 radical (unpaired) electrons. The van der Waals surface area contributed by atoms with Gasteiger partial charge in [-0.3, -0.25) is 0 Å². The van der Waals surface area contributed by atoms with Crippen LogP contribution in [0.2, 0.25) is 0 Å². The summed E-state index contributed by atoms with van der Waals surface area (Å²) in [6.07, 6.45) is 1.88. The average molecular weight is 288 g/mol. The second kappa shape index (κ2) is 8.86. The lowest BCUT2D eigenvalue weighted by Crippen LogP contribution is -1.99. The van der Waals surface area contributed by atoms with E-state index in [1.165, 1.54) is 11.1 Å². The van der Waals surface area contributed by atoms with Gasteiger partial charge in [0.2, 0.25) is 0 Å². The highest BCUT2D eigenvalue weighted by Gasteiger charge is 2.03. The lowest BCUT2D eigenvalue weighted by atomic mass is 10.2. The van der Waals surface area contributed by atoms with E-state index in [9.17, 15) is 0 Å². The summed E-state index contributed by atoms with van der Waals surface area (Å²) in [5.41, 5.74) is 2.61. The molecule has 0 spiro atoms. The Kier molecular flexibility index (Phi) is 6.73. The molecule has 3 heteroatoms. The van der Waals surface area contributed by atoms with Crippen molar-refractivity contribution in [3.8, 4) is 0 Å². The van der Waals surface area contributed by atoms with Crippen LogP contribution >= 0.6 is 8.38 Å². The van der Waals surface area contributed by atoms with Crippen molar-refractivity contribution in [1.82, 2.24) is 0 Å². The van der Waals surface area contributed by atoms with Gasteiger partial charge in [-0.1, -0.05) is 60.7 Å². The largest absolute Gasteiger partial charge is 0.334 e. The molecule has 20 heavy (non-hydrogen) atoms. The van der Waals surface area contributed by atoms with Gasteiger partial charge in [0.1, 0.15) is 0 Å². The van der Waals surface area contributed by atoms with Gasteiger partial charge in [0.25, 0.3) is 0 Å². The van der Waals surface area contributed by atoms with E-state index in [1.807, 2.05) is 18.8 Å². The molecular formula is C17H21O2P. The van der Waals surface area contributed by atoms with Crippen LogP contribution in [0.5, 0.6) is 0 Å². The highest BCUT2D eigenvalue weighted by molar-refractivity contribution is 7.46. The maximum atomic E-state index is 5.73. The lowest BCUT2D eigenvalue weighted by Gasteiger charge is -2.13. The van der Waals surface area contributed by atoms with Crippen LogP contribution in [0.15, 0.2) is 60.7 Å². The first-order chi connectivity index (χ1) is 9.84. The predicted octanol–water partition coefficient (Wildman–Crippen LogP) is 4.45. The van der Waals surface area contributed by atoms with E-state index in [-0.39, 0.29) is 0 Å². The highest BCUT2D eigenvalue weighted by atomic mass is 31.2. The standard InChI is InChI=1S/C17H21O2P/c1-20(18-14-12-16-8-4-2-5-9-16)19-15-13-17-10-6-3-7-11-17/h2-11H,12-15H2,1H3. The smallest absolute Gasteiger partial charge is 0.167 e. The highest BCUT2D eigenvalue weighted by Crippen LogP contribution is 2.33. The minimum Gasteiger partial charge on any atom is -0.334 e. The molecule has 0 saturated carbocycles. The Morgan fingerprint density at radius 2 is 1.10 bits per heavy atom. The molecule has 0 fully saturated rings. The maximum Gasteiger partial charge on any atom is 0.167 e. The summed E-state index contributed by atoms with van der Waals surface area (Å²) in [6, 6.07) is 20.8. The Labute approximate surface area is 122 Å². The summed E-state index contributed by atoms with van der Waals surface area (Å²) in [7, 11) is -0.773. The second-order valence-corrected chi connectivity index (χ2v) is 5.97. The van der Waals surface area contributed by atoms with Crippen LogP contribution < -0.4 is 0 Å². The molecule has 2 rings (SSSR count). The second-order valence-electron chi connectivity index (χ2n) is 4.58. The molecule has 2 nitrogen and oxygen atoms in total. The fraction of sp³-hybridized carbons (Fsp3) is 0.294. The number of rotatable bonds is 8. The van der Waals surface area contributed by atoms with E-state index in [0.29, 0.717) is 0 Å². The molecule has 0 aliphatic rings. The number of hydrogen-bond acceptors (Lipinski definition) is 2. The molecule has 2 aromatic rings. The number of benzene rings is 2. The molecule has 0 saturated heterocycles. The summed E-state index contributed by atoms with van der Waals surface area (Å²) in [6.45, 7) is 3.46. The van der Waals surface area contributed by atoms with Crippen molar-refractivity contribution in [1.29, 1.82) is 0 Å². The Morgan fingerprint density at radius 1 is 0.700 bits per heavy atom. The zero-order valence-electron chi connectivity index (χ0n) is 11.9. The van der Waals surface area contributed by atoms with Crippen LogP contribution in [0, 0.1) is 0 Å². The Balaban J connectivity index is 1.58. The summed E-state index contributed by atoms with van der Waals surface area (Å²) < 4.78 is 11.5. The normalized spacial score (nSPS) is 10.9. The van der Waals surface area contributed by atoms with Crippen LogP contribution in [0.4, 0.5) is 0 Å². The van der Waals surface area contributed by atoms with Gasteiger partial charge in [-0.05, 0) is 24.0 Å². The molecule has 0 aromatic heterocycles. The summed E-state index contributed by atoms with van der Waals surface area (Å²) in [5, 5.41) is 0. The molecule has 0 amide bonds. The van der Waals surface area contributed by atoms with E-state index >= 15 is 0 Å². The summed E-state index contributed by atoms with van der Waals surface area (Å²) >= 11 is 0. The van der Waals surface area contributed by atoms with E-state index in [1.54, 1.807) is 0 Å². The summed E-state index contributed by atoms with van der Waals surface area (Å²) in [5.74, 6) is 0. The van der Waals surface area contributed by atoms with Gasteiger partial charge in [0.15, 0.2) is 8.38 Å². The first-order valence-corrected chi connectivity index (χ1v) is 8.54. The first-order valence-electron chi connectivity index (χ1n) is 6.92. The Bertz CT molecular complexity index is 427. The maximum absolute atomic E-state index is 5.73. The number of hydrogen-bond donors (Lipinski definition) is 0. The molecule has 0 heterocycles. The molecule has 0 unspecified atom stereocenters. The Morgan fingerprint density at radius 3 is 1.50 bits per heavy atom. The molecule has 0 atom stereocenters. The van der Waals surface area contributed by atoms with Crippen LogP contribution in [-0.2, 0) is 21.9 Å². The average Bonchev–Trinajstić information content (AvgIpc) is 2.49. The van der Waals surface area contributed by atoms with Crippen molar-refractivity contribution in [3.05, 3.63) is 71.8 Å². The molecule has 0 N–H and O–H groups in total. The molecule has 0 aliphatic heterocycles. The van der Waals surface area contributed by atoms with Gasteiger partial charge >= 0.3 is 0 Å². The van der Waals surface area contributed by atoms with Crippen LogP contribution in [-0.4, -0.2) is 19.9 Å². The zero-order chi connectivity index (χ0) is 14.0. The van der Waals surface area contributed by atoms with Gasteiger partial charge in [-0.25, -0.2) is 0 Å². The van der Waals surface area contributed by atoms with E-state index in [4.69, 9.17) is 9.05 Å². The van der Waals surface area contributed by atoms with Crippen molar-refractivity contribution < 1.29 is 9.05 Å². The Hall–Kier alpha value is -1.21. The van der Waals surface area contributed by atoms with Gasteiger partial charge in [0, 0.05) is 6.66 Å². The van der Waals surface area contributed by atoms with Crippen molar-refractivity contribution in [2.45, 2.75) is 12.8 Å². The van der Waals surface area contributed by atoms with Gasteiger partial charge in [-0.15, -0.1) is 0 Å². The van der Waals surface area contributed by atoms with E-state index in [0.717, 1.165) is 26.1 Å². The zero-order valence-corrected chi connectivity index (χ0v) is 12.8. The van der Waals surface area contributed by atoms with Crippen molar-refractivity contribution in [2.24, 2.45) is 0 Å². The fourth-order valence-electron chi connectivity index (χ4n) is 1.91. The van der Waals surface area contributed by atoms with Gasteiger partial charge < -0.3 is 9.05 Å². The third-order valence-electron chi connectivity index (χ3n) is 3.01. The minimum atomic E-state index is -0.773. The van der Waals surface area contributed by atoms with Crippen LogP contribution in [0.3, 0.4) is 0 Å². The molecule has 0 aliphatic carbocycles. The topological polar surface area (TPSA) is 18.5 Å².